The van der Waals surface area contributed by atoms with Gasteiger partial charge in [0.25, 0.3) is 0 Å². The summed E-state index contributed by atoms with van der Waals surface area (Å²) in [4.78, 5) is 18.5. The fourth-order valence-corrected chi connectivity index (χ4v) is 4.99. The van der Waals surface area contributed by atoms with Crippen molar-refractivity contribution in [2.45, 2.75) is 38.8 Å². The average Bonchev–Trinajstić information content (AvgIpc) is 2.90. The number of carboxylic acid groups (broad SMARTS) is 1. The number of rotatable bonds is 7. The van der Waals surface area contributed by atoms with Crippen LogP contribution < -0.4 is 4.74 Å². The SMILES string of the molecule is COc1ccc2ncc(C)c(C(F)CCC3(C(=O)O)CCN(CC#Cc4cc(F)cc(F)c4F)CC3)c2c1. The van der Waals surface area contributed by atoms with Crippen LogP contribution in [0.25, 0.3) is 10.9 Å². The average molecular weight is 529 g/mol. The molecule has 0 bridgehead atoms. The Labute approximate surface area is 218 Å². The van der Waals surface area contributed by atoms with Gasteiger partial charge in [0.1, 0.15) is 17.7 Å². The van der Waals surface area contributed by atoms with E-state index in [0.717, 1.165) is 6.07 Å². The lowest BCUT2D eigenvalue weighted by Crippen LogP contribution is -2.44. The first kappa shape index (κ1) is 27.4. The van der Waals surface area contributed by atoms with Gasteiger partial charge in [0, 0.05) is 30.7 Å². The summed E-state index contributed by atoms with van der Waals surface area (Å²) in [5.41, 5.74) is 0.358. The normalized spacial score (nSPS) is 16.1. The molecular weight excluding hydrogens is 500 g/mol. The van der Waals surface area contributed by atoms with Crippen molar-refractivity contribution in [2.75, 3.05) is 26.7 Å². The molecule has 9 heteroatoms. The van der Waals surface area contributed by atoms with Gasteiger partial charge in [-0.15, -0.1) is 0 Å². The number of nitrogens with zero attached hydrogens (tertiary/aromatic N) is 2. The van der Waals surface area contributed by atoms with E-state index in [1.165, 1.54) is 7.11 Å². The van der Waals surface area contributed by atoms with Crippen LogP contribution in [0.1, 0.15) is 48.5 Å². The summed E-state index contributed by atoms with van der Waals surface area (Å²) in [7, 11) is 1.53. The van der Waals surface area contributed by atoms with E-state index >= 15 is 4.39 Å². The van der Waals surface area contributed by atoms with Crippen molar-refractivity contribution in [1.82, 2.24) is 9.88 Å². The summed E-state index contributed by atoms with van der Waals surface area (Å²) in [6.07, 6.45) is 1.02. The van der Waals surface area contributed by atoms with E-state index in [2.05, 4.69) is 16.8 Å². The number of ether oxygens (including phenoxy) is 1. The molecule has 38 heavy (non-hydrogen) atoms. The maximum Gasteiger partial charge on any atom is 0.309 e. The predicted molar refractivity (Wildman–Crippen MR) is 135 cm³/mol. The van der Waals surface area contributed by atoms with Gasteiger partial charge in [-0.3, -0.25) is 14.7 Å². The maximum atomic E-state index is 15.7. The molecular formula is C29H28F4N2O3. The number of fused-ring (bicyclic) bond motifs is 1. The van der Waals surface area contributed by atoms with Gasteiger partial charge in [-0.25, -0.2) is 17.6 Å². The lowest BCUT2D eigenvalue weighted by molar-refractivity contribution is -0.152. The molecule has 200 valence electrons. The first-order chi connectivity index (χ1) is 18.1. The molecule has 3 aromatic rings. The number of likely N-dealkylation sites (tertiary alicyclic amines) is 1. The van der Waals surface area contributed by atoms with E-state index in [-0.39, 0.29) is 24.9 Å². The van der Waals surface area contributed by atoms with Crippen molar-refractivity contribution in [3.8, 4) is 17.6 Å². The van der Waals surface area contributed by atoms with E-state index in [1.807, 2.05) is 4.90 Å². The van der Waals surface area contributed by atoms with Crippen LogP contribution in [0, 0.1) is 41.6 Å². The number of piperidine rings is 1. The third-order valence-corrected chi connectivity index (χ3v) is 7.29. The van der Waals surface area contributed by atoms with Crippen LogP contribution in [-0.2, 0) is 4.79 Å². The Morgan fingerprint density at radius 3 is 2.63 bits per heavy atom. The Kier molecular flexibility index (Phi) is 8.22. The van der Waals surface area contributed by atoms with Crippen LogP contribution in [0.4, 0.5) is 17.6 Å². The first-order valence-electron chi connectivity index (χ1n) is 12.3. The molecule has 1 fully saturated rings. The largest absolute Gasteiger partial charge is 0.497 e. The number of pyridine rings is 1. The Morgan fingerprint density at radius 1 is 1.21 bits per heavy atom. The molecule has 1 N–H and O–H groups in total. The number of methoxy groups -OCH3 is 1. The summed E-state index contributed by atoms with van der Waals surface area (Å²) < 4.78 is 61.5. The fraction of sp³-hybridized carbons (Fsp3) is 0.379. The lowest BCUT2D eigenvalue weighted by Gasteiger charge is -2.38. The van der Waals surface area contributed by atoms with Crippen molar-refractivity contribution in [3.05, 3.63) is 70.7 Å². The standard InChI is InChI=1S/C29H28F4N2O3/c1-18-17-34-25-6-5-21(38-2)16-22(25)26(18)23(31)7-8-29(28(36)37)9-12-35(13-10-29)11-3-4-19-14-20(30)15-24(32)27(19)33/h5-6,14-17,23H,7-13H2,1-2H3,(H,36,37). The third kappa shape index (κ3) is 5.76. The third-order valence-electron chi connectivity index (χ3n) is 7.29. The van der Waals surface area contributed by atoms with E-state index in [4.69, 9.17) is 4.74 Å². The van der Waals surface area contributed by atoms with Crippen molar-refractivity contribution < 1.29 is 32.2 Å². The second-order valence-electron chi connectivity index (χ2n) is 9.66. The molecule has 0 radical (unpaired) electrons. The van der Waals surface area contributed by atoms with Crippen molar-refractivity contribution in [1.29, 1.82) is 0 Å². The highest BCUT2D eigenvalue weighted by Gasteiger charge is 2.41. The number of hydrogen-bond acceptors (Lipinski definition) is 4. The van der Waals surface area contributed by atoms with Crippen LogP contribution in [0.2, 0.25) is 0 Å². The molecule has 1 saturated heterocycles. The zero-order valence-electron chi connectivity index (χ0n) is 21.2. The number of benzene rings is 2. The Balaban J connectivity index is 1.42. The number of carboxylic acids is 1. The van der Waals surface area contributed by atoms with Crippen molar-refractivity contribution in [2.24, 2.45) is 5.41 Å². The molecule has 0 amide bonds. The molecule has 2 aromatic carbocycles. The molecule has 4 rings (SSSR count). The number of aryl methyl sites for hydroxylation is 1. The fourth-order valence-electron chi connectivity index (χ4n) is 4.99. The van der Waals surface area contributed by atoms with Crippen LogP contribution >= 0.6 is 0 Å². The molecule has 0 saturated carbocycles. The molecule has 5 nitrogen and oxygen atoms in total. The zero-order chi connectivity index (χ0) is 27.4. The molecule has 1 aromatic heterocycles. The van der Waals surface area contributed by atoms with E-state index < -0.39 is 35.0 Å². The highest BCUT2D eigenvalue weighted by molar-refractivity contribution is 5.85. The molecule has 1 aliphatic heterocycles. The monoisotopic (exact) mass is 528 g/mol. The molecule has 1 atom stereocenters. The van der Waals surface area contributed by atoms with Crippen molar-refractivity contribution in [3.63, 3.8) is 0 Å². The van der Waals surface area contributed by atoms with Crippen molar-refractivity contribution >= 4 is 16.9 Å². The Morgan fingerprint density at radius 2 is 1.95 bits per heavy atom. The number of aromatic nitrogens is 1. The smallest absolute Gasteiger partial charge is 0.309 e. The van der Waals surface area contributed by atoms with Crippen LogP contribution in [0.15, 0.2) is 36.5 Å². The quantitative estimate of drug-likeness (QED) is 0.232. The molecule has 0 spiro atoms. The first-order valence-corrected chi connectivity index (χ1v) is 12.3. The van der Waals surface area contributed by atoms with E-state index in [1.54, 1.807) is 31.3 Å². The van der Waals surface area contributed by atoms with Gasteiger partial charge in [-0.05, 0) is 68.0 Å². The number of alkyl halides is 1. The maximum absolute atomic E-state index is 15.7. The van der Waals surface area contributed by atoms with Gasteiger partial charge in [0.2, 0.25) is 0 Å². The Bertz CT molecular complexity index is 1410. The van der Waals surface area contributed by atoms with Gasteiger partial charge in [-0.1, -0.05) is 11.8 Å². The molecule has 1 aliphatic rings. The lowest BCUT2D eigenvalue weighted by atomic mass is 9.74. The summed E-state index contributed by atoms with van der Waals surface area (Å²) in [5, 5.41) is 10.7. The number of hydrogen-bond donors (Lipinski definition) is 1. The minimum atomic E-state index is -1.38. The second kappa shape index (κ2) is 11.4. The van der Waals surface area contributed by atoms with Crippen LogP contribution in [0.5, 0.6) is 5.75 Å². The Hall–Kier alpha value is -3.64. The number of carbonyl (C=O) groups is 1. The molecule has 1 unspecified atom stereocenters. The zero-order valence-corrected chi connectivity index (χ0v) is 21.2. The minimum absolute atomic E-state index is 0.0354. The molecule has 0 aliphatic carbocycles. The van der Waals surface area contributed by atoms with Gasteiger partial charge < -0.3 is 9.84 Å². The summed E-state index contributed by atoms with van der Waals surface area (Å²) >= 11 is 0. The molecule has 2 heterocycles. The van der Waals surface area contributed by atoms with Crippen LogP contribution in [0.3, 0.4) is 0 Å². The summed E-state index contributed by atoms with van der Waals surface area (Å²) in [5.74, 6) is 1.33. The summed E-state index contributed by atoms with van der Waals surface area (Å²) in [6, 6.07) is 6.54. The van der Waals surface area contributed by atoms with Crippen LogP contribution in [-0.4, -0.2) is 47.7 Å². The van der Waals surface area contributed by atoms with Gasteiger partial charge in [0.15, 0.2) is 11.6 Å². The highest BCUT2D eigenvalue weighted by Crippen LogP contribution is 2.41. The summed E-state index contributed by atoms with van der Waals surface area (Å²) in [6.45, 7) is 2.76. The number of aliphatic carboxylic acids is 1. The number of halogens is 4. The van der Waals surface area contributed by atoms with Gasteiger partial charge in [0.05, 0.1) is 30.1 Å². The topological polar surface area (TPSA) is 62.7 Å². The minimum Gasteiger partial charge on any atom is -0.497 e. The predicted octanol–water partition coefficient (Wildman–Crippen LogP) is 5.98. The van der Waals surface area contributed by atoms with Gasteiger partial charge >= 0.3 is 5.97 Å². The van der Waals surface area contributed by atoms with E-state index in [9.17, 15) is 23.1 Å². The van der Waals surface area contributed by atoms with E-state index in [0.29, 0.717) is 59.8 Å². The van der Waals surface area contributed by atoms with Gasteiger partial charge in [-0.2, -0.15) is 0 Å². The highest BCUT2D eigenvalue weighted by atomic mass is 19.2. The second-order valence-corrected chi connectivity index (χ2v) is 9.66.